The summed E-state index contributed by atoms with van der Waals surface area (Å²) in [5, 5.41) is 17.7. The summed E-state index contributed by atoms with van der Waals surface area (Å²) < 4.78 is 2.53. The maximum absolute atomic E-state index is 10.0. The zero-order chi connectivity index (χ0) is 13.8. The van der Waals surface area contributed by atoms with Crippen LogP contribution in [0.3, 0.4) is 0 Å². The van der Waals surface area contributed by atoms with E-state index in [0.717, 1.165) is 17.0 Å². The maximum atomic E-state index is 10.0. The molecular weight excluding hydrogens is 282 g/mol. The van der Waals surface area contributed by atoms with Crippen molar-refractivity contribution in [3.05, 3.63) is 38.8 Å². The fourth-order valence-corrected chi connectivity index (χ4v) is 3.03. The van der Waals surface area contributed by atoms with E-state index in [1.54, 1.807) is 6.07 Å². The molecule has 2 aromatic rings. The van der Waals surface area contributed by atoms with Crippen LogP contribution < -0.4 is 5.32 Å². The highest BCUT2D eigenvalue weighted by molar-refractivity contribution is 7.16. The van der Waals surface area contributed by atoms with Crippen LogP contribution in [0.15, 0.2) is 18.3 Å². The van der Waals surface area contributed by atoms with E-state index in [4.69, 9.17) is 11.6 Å². The summed E-state index contributed by atoms with van der Waals surface area (Å²) in [7, 11) is 1.92. The number of aliphatic hydroxyl groups excluding tert-OH is 1. The van der Waals surface area contributed by atoms with Gasteiger partial charge in [-0.05, 0) is 18.6 Å². The summed E-state index contributed by atoms with van der Waals surface area (Å²) in [6.45, 7) is 3.32. The van der Waals surface area contributed by atoms with Gasteiger partial charge in [0.15, 0.2) is 0 Å². The van der Waals surface area contributed by atoms with Crippen molar-refractivity contribution in [2.24, 2.45) is 7.05 Å². The third-order valence-corrected chi connectivity index (χ3v) is 4.23. The number of rotatable bonds is 6. The molecule has 4 nitrogen and oxygen atoms in total. The molecule has 0 aromatic carbocycles. The quantitative estimate of drug-likeness (QED) is 0.862. The molecule has 2 rings (SSSR count). The van der Waals surface area contributed by atoms with Gasteiger partial charge in [0.25, 0.3) is 0 Å². The molecule has 0 saturated carbocycles. The van der Waals surface area contributed by atoms with Crippen LogP contribution in [0.25, 0.3) is 0 Å². The lowest BCUT2D eigenvalue weighted by atomic mass is 10.2. The van der Waals surface area contributed by atoms with E-state index in [-0.39, 0.29) is 0 Å². The van der Waals surface area contributed by atoms with Crippen molar-refractivity contribution in [1.29, 1.82) is 0 Å². The highest BCUT2D eigenvalue weighted by Crippen LogP contribution is 2.26. The Morgan fingerprint density at radius 1 is 1.53 bits per heavy atom. The topological polar surface area (TPSA) is 50.1 Å². The largest absolute Gasteiger partial charge is 0.386 e. The minimum absolute atomic E-state index is 0.509. The molecular formula is C13H18ClN3OS. The molecule has 19 heavy (non-hydrogen) atoms. The molecule has 6 heteroatoms. The number of thiophene rings is 1. The molecule has 2 heterocycles. The first-order chi connectivity index (χ1) is 9.10. The fourth-order valence-electron chi connectivity index (χ4n) is 1.98. The average molecular weight is 300 g/mol. The van der Waals surface area contributed by atoms with Crippen molar-refractivity contribution in [2.45, 2.75) is 26.0 Å². The average Bonchev–Trinajstić information content (AvgIpc) is 2.95. The van der Waals surface area contributed by atoms with E-state index in [1.165, 1.54) is 16.9 Å². The zero-order valence-corrected chi connectivity index (χ0v) is 12.6. The second kappa shape index (κ2) is 6.52. The highest BCUT2D eigenvalue weighted by Gasteiger charge is 2.11. The number of hydrogen-bond donors (Lipinski definition) is 2. The molecule has 0 saturated heterocycles. The summed E-state index contributed by atoms with van der Waals surface area (Å²) in [6, 6.07) is 3.67. The molecule has 1 atom stereocenters. The van der Waals surface area contributed by atoms with Gasteiger partial charge in [-0.25, -0.2) is 0 Å². The van der Waals surface area contributed by atoms with Crippen molar-refractivity contribution in [3.63, 3.8) is 0 Å². The standard InChI is InChI=1S/C13H18ClN3OS/c1-3-10-9(8-17(2)16-10)6-15-7-11(18)12-4-5-13(14)19-12/h4-5,8,11,15,18H,3,6-7H2,1-2H3. The van der Waals surface area contributed by atoms with Crippen LogP contribution in [0.1, 0.15) is 29.2 Å². The van der Waals surface area contributed by atoms with Gasteiger partial charge in [-0.3, -0.25) is 4.68 Å². The number of halogens is 1. The Labute approximate surface area is 122 Å². The van der Waals surface area contributed by atoms with E-state index < -0.39 is 6.10 Å². The number of hydrogen-bond acceptors (Lipinski definition) is 4. The van der Waals surface area contributed by atoms with Gasteiger partial charge in [0.1, 0.15) is 6.10 Å². The summed E-state index contributed by atoms with van der Waals surface area (Å²) in [6.07, 6.45) is 2.42. The Balaban J connectivity index is 1.86. The van der Waals surface area contributed by atoms with Crippen molar-refractivity contribution in [3.8, 4) is 0 Å². The molecule has 0 radical (unpaired) electrons. The smallest absolute Gasteiger partial charge is 0.101 e. The first kappa shape index (κ1) is 14.5. The molecule has 2 N–H and O–H groups in total. The number of aryl methyl sites for hydroxylation is 2. The summed E-state index contributed by atoms with van der Waals surface area (Å²) in [5.74, 6) is 0. The number of nitrogens with one attached hydrogen (secondary N) is 1. The van der Waals surface area contributed by atoms with E-state index in [1.807, 2.05) is 24.0 Å². The van der Waals surface area contributed by atoms with Gasteiger partial charge in [-0.1, -0.05) is 18.5 Å². The van der Waals surface area contributed by atoms with Gasteiger partial charge < -0.3 is 10.4 Å². The Bertz CT molecular complexity index is 538. The number of aromatic nitrogens is 2. The van der Waals surface area contributed by atoms with Crippen molar-refractivity contribution >= 4 is 22.9 Å². The minimum atomic E-state index is -0.515. The second-order valence-corrected chi connectivity index (χ2v) is 6.16. The van der Waals surface area contributed by atoms with Gasteiger partial charge in [0, 0.05) is 36.8 Å². The molecule has 0 amide bonds. The number of nitrogens with zero attached hydrogens (tertiary/aromatic N) is 2. The first-order valence-corrected chi connectivity index (χ1v) is 7.45. The van der Waals surface area contributed by atoms with Gasteiger partial charge in [-0.2, -0.15) is 5.10 Å². The van der Waals surface area contributed by atoms with Gasteiger partial charge in [0.2, 0.25) is 0 Å². The molecule has 2 aromatic heterocycles. The highest BCUT2D eigenvalue weighted by atomic mass is 35.5. The van der Waals surface area contributed by atoms with E-state index >= 15 is 0 Å². The second-order valence-electron chi connectivity index (χ2n) is 4.42. The molecule has 0 bridgehead atoms. The van der Waals surface area contributed by atoms with Crippen LogP contribution in [-0.2, 0) is 20.0 Å². The minimum Gasteiger partial charge on any atom is -0.386 e. The lowest BCUT2D eigenvalue weighted by Gasteiger charge is -2.09. The Morgan fingerprint density at radius 2 is 2.32 bits per heavy atom. The van der Waals surface area contributed by atoms with Crippen molar-refractivity contribution in [1.82, 2.24) is 15.1 Å². The molecule has 0 aliphatic rings. The van der Waals surface area contributed by atoms with Gasteiger partial charge in [0.05, 0.1) is 10.0 Å². The van der Waals surface area contributed by atoms with Crippen LogP contribution in [0.4, 0.5) is 0 Å². The Hall–Kier alpha value is -0.880. The third kappa shape index (κ3) is 3.79. The van der Waals surface area contributed by atoms with Gasteiger partial charge >= 0.3 is 0 Å². The molecule has 0 aliphatic heterocycles. The fraction of sp³-hybridized carbons (Fsp3) is 0.462. The maximum Gasteiger partial charge on any atom is 0.101 e. The summed E-state index contributed by atoms with van der Waals surface area (Å²) >= 11 is 7.27. The van der Waals surface area contributed by atoms with Crippen LogP contribution in [0.2, 0.25) is 4.34 Å². The van der Waals surface area contributed by atoms with Crippen molar-refractivity contribution < 1.29 is 5.11 Å². The summed E-state index contributed by atoms with van der Waals surface area (Å²) in [5.41, 5.74) is 2.28. The van der Waals surface area contributed by atoms with E-state index in [0.29, 0.717) is 17.4 Å². The van der Waals surface area contributed by atoms with Crippen LogP contribution in [0.5, 0.6) is 0 Å². The SMILES string of the molecule is CCc1nn(C)cc1CNCC(O)c1ccc(Cl)s1. The lowest BCUT2D eigenvalue weighted by Crippen LogP contribution is -2.20. The molecule has 0 aliphatic carbocycles. The molecule has 1 unspecified atom stereocenters. The molecule has 104 valence electrons. The predicted octanol–water partition coefficient (Wildman–Crippen LogP) is 2.52. The van der Waals surface area contributed by atoms with Crippen LogP contribution >= 0.6 is 22.9 Å². The van der Waals surface area contributed by atoms with Gasteiger partial charge in [-0.15, -0.1) is 11.3 Å². The molecule has 0 fully saturated rings. The third-order valence-electron chi connectivity index (χ3n) is 2.90. The predicted molar refractivity (Wildman–Crippen MR) is 78.6 cm³/mol. The van der Waals surface area contributed by atoms with E-state index in [9.17, 15) is 5.11 Å². The zero-order valence-electron chi connectivity index (χ0n) is 11.1. The van der Waals surface area contributed by atoms with Crippen molar-refractivity contribution in [2.75, 3.05) is 6.54 Å². The lowest BCUT2D eigenvalue weighted by molar-refractivity contribution is 0.178. The molecule has 0 spiro atoms. The number of aliphatic hydroxyl groups is 1. The normalized spacial score (nSPS) is 12.8. The Morgan fingerprint density at radius 3 is 2.95 bits per heavy atom. The Kier molecular flexibility index (Phi) is 4.99. The first-order valence-electron chi connectivity index (χ1n) is 6.25. The monoisotopic (exact) mass is 299 g/mol. The summed E-state index contributed by atoms with van der Waals surface area (Å²) in [4.78, 5) is 0.888. The van der Waals surface area contributed by atoms with Crippen LogP contribution in [0, 0.1) is 0 Å². The van der Waals surface area contributed by atoms with E-state index in [2.05, 4.69) is 17.3 Å². The van der Waals surface area contributed by atoms with Crippen LogP contribution in [-0.4, -0.2) is 21.4 Å².